The first-order valence-electron chi connectivity index (χ1n) is 9.26. The number of carboxylic acid groups (broad SMARTS) is 1. The molecule has 2 aromatic rings. The van der Waals surface area contributed by atoms with E-state index in [1.165, 1.54) is 4.31 Å². The van der Waals surface area contributed by atoms with Gasteiger partial charge in [0.05, 0.1) is 17.7 Å². The van der Waals surface area contributed by atoms with Crippen LogP contribution in [0.3, 0.4) is 0 Å². The summed E-state index contributed by atoms with van der Waals surface area (Å²) in [6.07, 6.45) is 0.353. The lowest BCUT2D eigenvalue weighted by atomic mass is 9.96. The van der Waals surface area contributed by atoms with Gasteiger partial charge < -0.3 is 9.84 Å². The minimum absolute atomic E-state index is 0.0156. The molecule has 1 N–H and O–H groups in total. The Bertz CT molecular complexity index is 967. The van der Waals surface area contributed by atoms with E-state index in [1.54, 1.807) is 37.4 Å². The van der Waals surface area contributed by atoms with E-state index in [4.69, 9.17) is 9.84 Å². The first-order chi connectivity index (χ1) is 13.2. The molecule has 2 aromatic carbocycles. The van der Waals surface area contributed by atoms with Crippen LogP contribution in [-0.2, 0) is 14.8 Å². The number of carbonyl (C=O) groups is 1. The van der Waals surface area contributed by atoms with Crippen LogP contribution in [0.4, 0.5) is 5.69 Å². The minimum atomic E-state index is -3.74. The summed E-state index contributed by atoms with van der Waals surface area (Å²) in [5, 5.41) is 9.04. The molecule has 0 aromatic heterocycles. The number of ether oxygens (including phenoxy) is 1. The lowest BCUT2D eigenvalue weighted by Crippen LogP contribution is -2.30. The fourth-order valence-corrected chi connectivity index (χ4v) is 5.07. The lowest BCUT2D eigenvalue weighted by Gasteiger charge is -2.20. The number of anilines is 1. The third-order valence-electron chi connectivity index (χ3n) is 5.17. The van der Waals surface area contributed by atoms with Crippen molar-refractivity contribution in [2.45, 2.75) is 43.4 Å². The van der Waals surface area contributed by atoms with Crippen molar-refractivity contribution in [1.82, 2.24) is 0 Å². The van der Waals surface area contributed by atoms with Crippen molar-refractivity contribution in [1.29, 1.82) is 0 Å². The molecule has 0 spiro atoms. The molecule has 0 aliphatic carbocycles. The maximum atomic E-state index is 13.3. The zero-order valence-corrected chi connectivity index (χ0v) is 17.1. The highest BCUT2D eigenvalue weighted by atomic mass is 32.2. The van der Waals surface area contributed by atoms with Gasteiger partial charge in [0.25, 0.3) is 10.0 Å². The zero-order chi connectivity index (χ0) is 20.5. The fraction of sp³-hybridized carbons (Fsp3) is 0.381. The molecule has 1 atom stereocenters. The van der Waals surface area contributed by atoms with Gasteiger partial charge in [-0.2, -0.15) is 0 Å². The second kappa shape index (κ2) is 7.83. The number of hydrogen-bond acceptors (Lipinski definition) is 4. The van der Waals surface area contributed by atoms with Crippen LogP contribution in [-0.4, -0.2) is 33.1 Å². The first kappa shape index (κ1) is 20.2. The maximum absolute atomic E-state index is 13.3. The predicted molar refractivity (Wildman–Crippen MR) is 108 cm³/mol. The molecule has 0 amide bonds. The summed E-state index contributed by atoms with van der Waals surface area (Å²) >= 11 is 0. The summed E-state index contributed by atoms with van der Waals surface area (Å²) in [7, 11) is -2.19. The van der Waals surface area contributed by atoms with Crippen LogP contribution in [0, 0.1) is 0 Å². The van der Waals surface area contributed by atoms with Gasteiger partial charge in [0.15, 0.2) is 0 Å². The van der Waals surface area contributed by atoms with Crippen molar-refractivity contribution < 1.29 is 23.1 Å². The minimum Gasteiger partial charge on any atom is -0.497 e. The van der Waals surface area contributed by atoms with Crippen molar-refractivity contribution in [3.63, 3.8) is 0 Å². The van der Waals surface area contributed by atoms with Crippen LogP contribution >= 0.6 is 0 Å². The monoisotopic (exact) mass is 403 g/mol. The molecule has 3 rings (SSSR count). The summed E-state index contributed by atoms with van der Waals surface area (Å²) in [5.41, 5.74) is 2.47. The predicted octanol–water partition coefficient (Wildman–Crippen LogP) is 3.98. The summed E-state index contributed by atoms with van der Waals surface area (Å²) < 4.78 is 33.2. The highest BCUT2D eigenvalue weighted by Gasteiger charge is 2.37. The standard InChI is InChI=1S/C21H25NO5S/c1-14(2)15-4-8-18(9-5-15)28(25,26)22-13-16(6-11-21(23)24)19-12-17(27-3)7-10-20(19)22/h4-5,7-10,12,14,16H,6,11,13H2,1-3H3,(H,23,24). The SMILES string of the molecule is COc1ccc2c(c1)C(CCC(=O)O)CN2S(=O)(=O)c1ccc(C(C)C)cc1. The van der Waals surface area contributed by atoms with Gasteiger partial charge in [-0.05, 0) is 53.8 Å². The number of nitrogens with zero attached hydrogens (tertiary/aromatic N) is 1. The number of methoxy groups -OCH3 is 1. The number of fused-ring (bicyclic) bond motifs is 1. The van der Waals surface area contributed by atoms with Crippen LogP contribution in [0.15, 0.2) is 47.4 Å². The number of carboxylic acids is 1. The van der Waals surface area contributed by atoms with Gasteiger partial charge in [-0.25, -0.2) is 8.42 Å². The molecular formula is C21H25NO5S. The van der Waals surface area contributed by atoms with E-state index in [0.29, 0.717) is 23.8 Å². The van der Waals surface area contributed by atoms with E-state index in [9.17, 15) is 13.2 Å². The Hall–Kier alpha value is -2.54. The third-order valence-corrected chi connectivity index (χ3v) is 6.96. The third kappa shape index (κ3) is 3.85. The van der Waals surface area contributed by atoms with Gasteiger partial charge in [-0.3, -0.25) is 9.10 Å². The number of benzene rings is 2. The number of sulfonamides is 1. The zero-order valence-electron chi connectivity index (χ0n) is 16.3. The Morgan fingerprint density at radius 3 is 2.46 bits per heavy atom. The van der Waals surface area contributed by atoms with E-state index >= 15 is 0 Å². The molecule has 0 fully saturated rings. The average molecular weight is 404 g/mol. The van der Waals surface area contributed by atoms with Crippen LogP contribution in [0.1, 0.15) is 49.7 Å². The molecule has 28 heavy (non-hydrogen) atoms. The fourth-order valence-electron chi connectivity index (χ4n) is 3.53. The largest absolute Gasteiger partial charge is 0.497 e. The van der Waals surface area contributed by atoms with Crippen LogP contribution in [0.25, 0.3) is 0 Å². The molecule has 7 heteroatoms. The number of hydrogen-bond donors (Lipinski definition) is 1. The van der Waals surface area contributed by atoms with Gasteiger partial charge >= 0.3 is 5.97 Å². The summed E-state index contributed by atoms with van der Waals surface area (Å²) in [5.74, 6) is -0.141. The smallest absolute Gasteiger partial charge is 0.303 e. The molecule has 1 heterocycles. The van der Waals surface area contributed by atoms with Gasteiger partial charge in [-0.1, -0.05) is 26.0 Å². The number of rotatable bonds is 7. The molecule has 0 radical (unpaired) electrons. The Labute approximate surface area is 165 Å². The Balaban J connectivity index is 1.98. The van der Waals surface area contributed by atoms with Gasteiger partial charge in [0.1, 0.15) is 5.75 Å². The number of aliphatic carboxylic acids is 1. The van der Waals surface area contributed by atoms with Crippen molar-refractivity contribution in [3.8, 4) is 5.75 Å². The maximum Gasteiger partial charge on any atom is 0.303 e. The van der Waals surface area contributed by atoms with Crippen LogP contribution in [0.5, 0.6) is 5.75 Å². The molecular weight excluding hydrogens is 378 g/mol. The first-order valence-corrected chi connectivity index (χ1v) is 10.7. The van der Waals surface area contributed by atoms with E-state index in [1.807, 2.05) is 12.1 Å². The molecule has 0 saturated heterocycles. The lowest BCUT2D eigenvalue weighted by molar-refractivity contribution is -0.137. The van der Waals surface area contributed by atoms with Crippen molar-refractivity contribution in [3.05, 3.63) is 53.6 Å². The highest BCUT2D eigenvalue weighted by Crippen LogP contribution is 2.43. The van der Waals surface area contributed by atoms with Gasteiger partial charge in [-0.15, -0.1) is 0 Å². The van der Waals surface area contributed by atoms with Crippen LogP contribution < -0.4 is 9.04 Å². The molecule has 1 aliphatic heterocycles. The summed E-state index contributed by atoms with van der Waals surface area (Å²) in [6.45, 7) is 4.34. The molecule has 6 nitrogen and oxygen atoms in total. The van der Waals surface area contributed by atoms with Gasteiger partial charge in [0.2, 0.25) is 0 Å². The summed E-state index contributed by atoms with van der Waals surface area (Å²) in [4.78, 5) is 11.3. The second-order valence-corrected chi connectivity index (χ2v) is 9.18. The Morgan fingerprint density at radius 1 is 1.21 bits per heavy atom. The topological polar surface area (TPSA) is 83.9 Å². The van der Waals surface area contributed by atoms with Crippen molar-refractivity contribution in [2.24, 2.45) is 0 Å². The highest BCUT2D eigenvalue weighted by molar-refractivity contribution is 7.92. The van der Waals surface area contributed by atoms with Crippen LogP contribution in [0.2, 0.25) is 0 Å². The van der Waals surface area contributed by atoms with E-state index in [-0.39, 0.29) is 23.8 Å². The Kier molecular flexibility index (Phi) is 5.65. The normalized spacial score (nSPS) is 16.3. The molecule has 1 unspecified atom stereocenters. The van der Waals surface area contributed by atoms with E-state index in [2.05, 4.69) is 13.8 Å². The van der Waals surface area contributed by atoms with Crippen molar-refractivity contribution >= 4 is 21.7 Å². The Morgan fingerprint density at radius 2 is 1.89 bits per heavy atom. The molecule has 150 valence electrons. The van der Waals surface area contributed by atoms with E-state index in [0.717, 1.165) is 11.1 Å². The second-order valence-electron chi connectivity index (χ2n) is 7.31. The quantitative estimate of drug-likeness (QED) is 0.756. The van der Waals surface area contributed by atoms with Gasteiger partial charge in [0, 0.05) is 18.9 Å². The molecule has 1 aliphatic rings. The van der Waals surface area contributed by atoms with E-state index < -0.39 is 16.0 Å². The summed E-state index contributed by atoms with van der Waals surface area (Å²) in [6, 6.07) is 12.2. The van der Waals surface area contributed by atoms with Crippen molar-refractivity contribution in [2.75, 3.05) is 18.0 Å². The molecule has 0 bridgehead atoms. The molecule has 0 saturated carbocycles. The average Bonchev–Trinajstić information content (AvgIpc) is 3.05.